The van der Waals surface area contributed by atoms with E-state index in [1.807, 2.05) is 0 Å². The molecule has 1 rings (SSSR count). The van der Waals surface area contributed by atoms with Gasteiger partial charge in [0.2, 0.25) is 0 Å². The van der Waals surface area contributed by atoms with Crippen LogP contribution < -0.4 is 0 Å². The van der Waals surface area contributed by atoms with Gasteiger partial charge in [0.25, 0.3) is 0 Å². The number of hydrogen-bond donors (Lipinski definition) is 0. The molecule has 88 valence electrons. The summed E-state index contributed by atoms with van der Waals surface area (Å²) in [5, 5.41) is 1.37. The molecule has 0 amide bonds. The van der Waals surface area contributed by atoms with Crippen molar-refractivity contribution in [2.24, 2.45) is 0 Å². The number of ether oxygens (including phenoxy) is 1. The average molecular weight is 260 g/mol. The fourth-order valence-corrected chi connectivity index (χ4v) is 1.70. The van der Waals surface area contributed by atoms with Crippen LogP contribution in [0.15, 0.2) is 23.4 Å². The van der Waals surface area contributed by atoms with Gasteiger partial charge in [-0.05, 0) is 18.6 Å². The highest BCUT2D eigenvalue weighted by Gasteiger charge is 2.04. The molecule has 0 N–H and O–H groups in total. The van der Waals surface area contributed by atoms with Crippen molar-refractivity contribution in [1.82, 2.24) is 4.98 Å². The van der Waals surface area contributed by atoms with E-state index in [-0.39, 0.29) is 5.97 Å². The fraction of sp³-hybridized carbons (Fsp3) is 0.455. The Morgan fingerprint density at radius 3 is 3.00 bits per heavy atom. The van der Waals surface area contributed by atoms with Crippen LogP contribution in [0.2, 0.25) is 5.02 Å². The van der Waals surface area contributed by atoms with E-state index in [9.17, 15) is 4.79 Å². The number of esters is 1. The Morgan fingerprint density at radius 1 is 1.56 bits per heavy atom. The summed E-state index contributed by atoms with van der Waals surface area (Å²) in [6, 6.07) is 3.53. The maximum absolute atomic E-state index is 11.3. The highest BCUT2D eigenvalue weighted by molar-refractivity contribution is 7.99. The first-order chi connectivity index (χ1) is 7.72. The zero-order valence-corrected chi connectivity index (χ0v) is 10.7. The van der Waals surface area contributed by atoms with E-state index in [0.717, 1.165) is 17.9 Å². The van der Waals surface area contributed by atoms with E-state index in [1.54, 1.807) is 18.3 Å². The molecule has 0 bridgehead atoms. The van der Waals surface area contributed by atoms with Crippen molar-refractivity contribution in [2.45, 2.75) is 24.8 Å². The number of aromatic nitrogens is 1. The lowest BCUT2D eigenvalue weighted by atomic mass is 10.4. The molecular formula is C11H14ClNO2S. The van der Waals surface area contributed by atoms with Crippen LogP contribution in [0.25, 0.3) is 0 Å². The predicted octanol–water partition coefficient (Wildman–Crippen LogP) is 3.17. The summed E-state index contributed by atoms with van der Waals surface area (Å²) in [4.78, 5) is 15.3. The number of carbonyl (C=O) groups is 1. The van der Waals surface area contributed by atoms with E-state index in [0.29, 0.717) is 17.4 Å². The Morgan fingerprint density at radius 2 is 2.38 bits per heavy atom. The van der Waals surface area contributed by atoms with Crippen LogP contribution in [-0.4, -0.2) is 23.3 Å². The molecule has 0 fully saturated rings. The number of halogens is 1. The van der Waals surface area contributed by atoms with Gasteiger partial charge in [-0.25, -0.2) is 4.98 Å². The van der Waals surface area contributed by atoms with Gasteiger partial charge in [0.1, 0.15) is 0 Å². The molecule has 1 aromatic heterocycles. The van der Waals surface area contributed by atoms with Gasteiger partial charge in [0.15, 0.2) is 0 Å². The molecule has 0 radical (unpaired) electrons. The molecule has 5 heteroatoms. The Kier molecular flexibility index (Phi) is 6.26. The van der Waals surface area contributed by atoms with Gasteiger partial charge in [-0.15, -0.1) is 0 Å². The van der Waals surface area contributed by atoms with Crippen molar-refractivity contribution in [1.29, 1.82) is 0 Å². The van der Waals surface area contributed by atoms with Crippen LogP contribution in [0, 0.1) is 0 Å². The zero-order chi connectivity index (χ0) is 11.8. The summed E-state index contributed by atoms with van der Waals surface area (Å²) in [5.41, 5.74) is 0. The maximum Gasteiger partial charge on any atom is 0.316 e. The van der Waals surface area contributed by atoms with Crippen LogP contribution in [0.1, 0.15) is 19.8 Å². The summed E-state index contributed by atoms with van der Waals surface area (Å²) in [6.45, 7) is 2.56. The fourth-order valence-electron chi connectivity index (χ4n) is 0.953. The smallest absolute Gasteiger partial charge is 0.316 e. The molecule has 0 saturated heterocycles. The topological polar surface area (TPSA) is 39.2 Å². The molecule has 16 heavy (non-hydrogen) atoms. The second kappa shape index (κ2) is 7.52. The van der Waals surface area contributed by atoms with E-state index in [1.165, 1.54) is 11.8 Å². The lowest BCUT2D eigenvalue weighted by Gasteiger charge is -2.03. The van der Waals surface area contributed by atoms with Gasteiger partial charge < -0.3 is 4.74 Å². The third kappa shape index (κ3) is 5.37. The van der Waals surface area contributed by atoms with Crippen LogP contribution in [-0.2, 0) is 9.53 Å². The number of pyridine rings is 1. The van der Waals surface area contributed by atoms with E-state index in [4.69, 9.17) is 16.3 Å². The van der Waals surface area contributed by atoms with E-state index in [2.05, 4.69) is 11.9 Å². The molecule has 0 aliphatic heterocycles. The molecule has 3 nitrogen and oxygen atoms in total. The molecular weight excluding hydrogens is 246 g/mol. The van der Waals surface area contributed by atoms with Gasteiger partial charge >= 0.3 is 5.97 Å². The zero-order valence-electron chi connectivity index (χ0n) is 9.11. The van der Waals surface area contributed by atoms with Crippen molar-refractivity contribution in [3.8, 4) is 0 Å². The third-order valence-electron chi connectivity index (χ3n) is 1.80. The minimum atomic E-state index is -0.199. The van der Waals surface area contributed by atoms with Gasteiger partial charge in [0, 0.05) is 6.20 Å². The van der Waals surface area contributed by atoms with Crippen LogP contribution in [0.4, 0.5) is 0 Å². The lowest BCUT2D eigenvalue weighted by Crippen LogP contribution is -2.08. The number of hydrogen-bond acceptors (Lipinski definition) is 4. The SMILES string of the molecule is CCCCOC(=O)CSc1ccc(Cl)cn1. The maximum atomic E-state index is 11.3. The summed E-state index contributed by atoms with van der Waals surface area (Å²) in [5.74, 6) is 0.0911. The first kappa shape index (κ1) is 13.3. The van der Waals surface area contributed by atoms with Crippen molar-refractivity contribution < 1.29 is 9.53 Å². The molecule has 0 atom stereocenters. The number of unbranched alkanes of at least 4 members (excludes halogenated alkanes) is 1. The van der Waals surface area contributed by atoms with E-state index >= 15 is 0 Å². The normalized spacial score (nSPS) is 10.1. The Bertz CT molecular complexity index is 329. The quantitative estimate of drug-likeness (QED) is 0.447. The minimum Gasteiger partial charge on any atom is -0.465 e. The summed E-state index contributed by atoms with van der Waals surface area (Å²) >= 11 is 7.05. The molecule has 0 aliphatic rings. The Balaban J connectivity index is 2.23. The second-order valence-corrected chi connectivity index (χ2v) is 4.61. The summed E-state index contributed by atoms with van der Waals surface area (Å²) in [6.07, 6.45) is 3.50. The van der Waals surface area contributed by atoms with E-state index < -0.39 is 0 Å². The van der Waals surface area contributed by atoms with Crippen molar-refractivity contribution in [3.05, 3.63) is 23.4 Å². The number of thioether (sulfide) groups is 1. The lowest BCUT2D eigenvalue weighted by molar-refractivity contribution is -0.140. The van der Waals surface area contributed by atoms with Gasteiger partial charge in [0.05, 0.1) is 22.4 Å². The molecule has 0 unspecified atom stereocenters. The molecule has 1 heterocycles. The predicted molar refractivity (Wildman–Crippen MR) is 65.8 cm³/mol. The van der Waals surface area contributed by atoms with Crippen molar-refractivity contribution >= 4 is 29.3 Å². The highest BCUT2D eigenvalue weighted by Crippen LogP contribution is 2.17. The Hall–Kier alpha value is -0.740. The van der Waals surface area contributed by atoms with Crippen molar-refractivity contribution in [3.63, 3.8) is 0 Å². The van der Waals surface area contributed by atoms with Gasteiger partial charge in [-0.2, -0.15) is 0 Å². The monoisotopic (exact) mass is 259 g/mol. The standard InChI is InChI=1S/C11H14ClNO2S/c1-2-3-6-15-11(14)8-16-10-5-4-9(12)7-13-10/h4-5,7H,2-3,6,8H2,1H3. The first-order valence-corrected chi connectivity index (χ1v) is 6.48. The number of rotatable bonds is 6. The average Bonchev–Trinajstić information content (AvgIpc) is 2.29. The first-order valence-electron chi connectivity index (χ1n) is 5.12. The molecule has 0 spiro atoms. The Labute approximate surface area is 105 Å². The number of nitrogens with zero attached hydrogens (tertiary/aromatic N) is 1. The van der Waals surface area contributed by atoms with Crippen molar-refractivity contribution in [2.75, 3.05) is 12.4 Å². The molecule has 0 aromatic carbocycles. The van der Waals surface area contributed by atoms with Gasteiger partial charge in [-0.3, -0.25) is 4.79 Å². The van der Waals surface area contributed by atoms with Crippen LogP contribution >= 0.6 is 23.4 Å². The molecule has 1 aromatic rings. The van der Waals surface area contributed by atoms with Crippen LogP contribution in [0.5, 0.6) is 0 Å². The molecule has 0 aliphatic carbocycles. The highest BCUT2D eigenvalue weighted by atomic mass is 35.5. The number of carbonyl (C=O) groups excluding carboxylic acids is 1. The van der Waals surface area contributed by atoms with Crippen LogP contribution in [0.3, 0.4) is 0 Å². The third-order valence-corrected chi connectivity index (χ3v) is 2.94. The summed E-state index contributed by atoms with van der Waals surface area (Å²) < 4.78 is 5.01. The van der Waals surface area contributed by atoms with Gasteiger partial charge in [-0.1, -0.05) is 36.7 Å². The second-order valence-electron chi connectivity index (χ2n) is 3.18. The minimum absolute atomic E-state index is 0.199. The molecule has 0 saturated carbocycles. The largest absolute Gasteiger partial charge is 0.465 e. The summed E-state index contributed by atoms with van der Waals surface area (Å²) in [7, 11) is 0.